The van der Waals surface area contributed by atoms with E-state index in [1.165, 1.54) is 17.7 Å². The van der Waals surface area contributed by atoms with E-state index in [9.17, 15) is 35.5 Å². The summed E-state index contributed by atoms with van der Waals surface area (Å²) < 4.78 is 86.4. The molecule has 0 aromatic heterocycles. The van der Waals surface area contributed by atoms with Crippen molar-refractivity contribution in [1.29, 1.82) is 0 Å². The number of amides is 1. The van der Waals surface area contributed by atoms with Crippen LogP contribution in [-0.2, 0) is 23.8 Å². The minimum Gasteiger partial charge on any atom is -0.392 e. The zero-order chi connectivity index (χ0) is 26.9. The van der Waals surface area contributed by atoms with E-state index in [0.717, 1.165) is 19.3 Å². The van der Waals surface area contributed by atoms with Crippen molar-refractivity contribution in [2.45, 2.75) is 69.1 Å². The predicted octanol–water partition coefficient (Wildman–Crippen LogP) is 5.53. The molecule has 36 heavy (non-hydrogen) atoms. The molecule has 4 rings (SSSR count). The van der Waals surface area contributed by atoms with Gasteiger partial charge in [-0.1, -0.05) is 18.6 Å². The second-order valence-electron chi connectivity index (χ2n) is 9.53. The molecule has 0 radical (unpaired) electrons. The van der Waals surface area contributed by atoms with E-state index >= 15 is 0 Å². The van der Waals surface area contributed by atoms with E-state index in [1.54, 1.807) is 6.92 Å². The Morgan fingerprint density at radius 2 is 1.56 bits per heavy atom. The summed E-state index contributed by atoms with van der Waals surface area (Å²) in [4.78, 5) is 11.9. The van der Waals surface area contributed by atoms with E-state index in [2.05, 4.69) is 5.32 Å². The van der Waals surface area contributed by atoms with E-state index in [4.69, 9.17) is 10.8 Å². The minimum atomic E-state index is -4.87. The SMILES string of the molecule is C[C@@]1(N)CC(C2CCCC2c2ccc(F)cc2)NC1=O.OCc1cc(C(F)(F)F)cc(C(F)(F)F)c1. The second kappa shape index (κ2) is 10.4. The Morgan fingerprint density at radius 3 is 2.00 bits per heavy atom. The van der Waals surface area contributed by atoms with Crippen molar-refractivity contribution in [2.24, 2.45) is 11.7 Å². The molecule has 4 atom stereocenters. The maximum absolute atomic E-state index is 13.1. The molecule has 2 aromatic carbocycles. The van der Waals surface area contributed by atoms with Gasteiger partial charge in [-0.05, 0) is 79.5 Å². The largest absolute Gasteiger partial charge is 0.416 e. The molecule has 1 aliphatic carbocycles. The highest BCUT2D eigenvalue weighted by Crippen LogP contribution is 2.44. The van der Waals surface area contributed by atoms with Gasteiger partial charge in [-0.25, -0.2) is 4.39 Å². The molecule has 198 valence electrons. The molecule has 11 heteroatoms. The zero-order valence-electron chi connectivity index (χ0n) is 19.4. The summed E-state index contributed by atoms with van der Waals surface area (Å²) in [6.45, 7) is 0.914. The molecule has 1 heterocycles. The summed E-state index contributed by atoms with van der Waals surface area (Å²) in [5, 5.41) is 11.6. The number of nitrogens with one attached hydrogen (secondary N) is 1. The Morgan fingerprint density at radius 1 is 1.00 bits per heavy atom. The number of benzene rings is 2. The molecule has 1 amide bonds. The second-order valence-corrected chi connectivity index (χ2v) is 9.53. The fourth-order valence-corrected chi connectivity index (χ4v) is 4.90. The standard InChI is InChI=1S/C16H21FN2O.C9H6F6O/c1-16(18)9-14(19-15(16)20)13-4-2-3-12(13)10-5-7-11(17)8-6-10;10-8(11,12)6-1-5(4-16)2-7(3-6)9(13,14)15/h5-8,12-14H,2-4,9,18H2,1H3,(H,19,20);1-3,16H,4H2/t12?,13?,14?,16-;/m1./s1. The van der Waals surface area contributed by atoms with Crippen LogP contribution in [0, 0.1) is 11.7 Å². The van der Waals surface area contributed by atoms with Crippen molar-refractivity contribution < 1.29 is 40.6 Å². The molecule has 1 saturated heterocycles. The lowest BCUT2D eigenvalue weighted by Crippen LogP contribution is -2.43. The van der Waals surface area contributed by atoms with Crippen LogP contribution in [0.15, 0.2) is 42.5 Å². The maximum atomic E-state index is 13.1. The van der Waals surface area contributed by atoms with Crippen LogP contribution in [0.25, 0.3) is 0 Å². The van der Waals surface area contributed by atoms with E-state index in [-0.39, 0.29) is 23.8 Å². The van der Waals surface area contributed by atoms with E-state index in [1.807, 2.05) is 12.1 Å². The Kier molecular flexibility index (Phi) is 8.04. The molecular weight excluding hydrogens is 493 g/mol. The summed E-state index contributed by atoms with van der Waals surface area (Å²) in [5.74, 6) is 0.559. The Balaban J connectivity index is 0.000000207. The van der Waals surface area contributed by atoms with Crippen LogP contribution >= 0.6 is 0 Å². The predicted molar refractivity (Wildman–Crippen MR) is 118 cm³/mol. The van der Waals surface area contributed by atoms with Gasteiger partial charge in [0.05, 0.1) is 23.3 Å². The number of aliphatic hydroxyl groups excluding tert-OH is 1. The molecule has 2 aliphatic rings. The van der Waals surface area contributed by atoms with Gasteiger partial charge in [0, 0.05) is 6.04 Å². The lowest BCUT2D eigenvalue weighted by Gasteiger charge is -2.26. The number of carbonyl (C=O) groups is 1. The van der Waals surface area contributed by atoms with Crippen LogP contribution < -0.4 is 11.1 Å². The number of alkyl halides is 6. The minimum absolute atomic E-state index is 0.0131. The topological polar surface area (TPSA) is 75.3 Å². The lowest BCUT2D eigenvalue weighted by molar-refractivity contribution is -0.143. The fraction of sp³-hybridized carbons (Fsp3) is 0.480. The normalized spacial score (nSPS) is 26.4. The lowest BCUT2D eigenvalue weighted by atomic mass is 9.81. The van der Waals surface area contributed by atoms with Gasteiger partial charge in [-0.15, -0.1) is 0 Å². The average molecular weight is 520 g/mol. The summed E-state index contributed by atoms with van der Waals surface area (Å²) >= 11 is 0. The number of halogens is 7. The van der Waals surface area contributed by atoms with Gasteiger partial charge >= 0.3 is 12.4 Å². The van der Waals surface area contributed by atoms with Crippen LogP contribution in [0.3, 0.4) is 0 Å². The third-order valence-corrected chi connectivity index (χ3v) is 6.69. The van der Waals surface area contributed by atoms with Gasteiger partial charge in [0.15, 0.2) is 0 Å². The Hall–Kier alpha value is -2.66. The molecule has 0 spiro atoms. The highest BCUT2D eigenvalue weighted by molar-refractivity contribution is 5.88. The van der Waals surface area contributed by atoms with Gasteiger partial charge in [0.1, 0.15) is 5.82 Å². The summed E-state index contributed by atoms with van der Waals surface area (Å²) in [5.41, 5.74) is 3.17. The molecule has 4 N–H and O–H groups in total. The first kappa shape index (κ1) is 27.9. The van der Waals surface area contributed by atoms with Crippen LogP contribution in [0.4, 0.5) is 30.7 Å². The molecule has 0 bridgehead atoms. The number of rotatable bonds is 3. The first-order valence-electron chi connectivity index (χ1n) is 11.4. The summed E-state index contributed by atoms with van der Waals surface area (Å²) in [6.07, 6.45) is -5.70. The maximum Gasteiger partial charge on any atom is 0.416 e. The van der Waals surface area contributed by atoms with Crippen molar-refractivity contribution in [1.82, 2.24) is 5.32 Å². The molecule has 2 aromatic rings. The summed E-state index contributed by atoms with van der Waals surface area (Å²) in [6, 6.07) is 7.91. The Bertz CT molecular complexity index is 1030. The number of nitrogens with two attached hydrogens (primary N) is 1. The molecular formula is C25H27F7N2O2. The number of hydrogen-bond acceptors (Lipinski definition) is 3. The van der Waals surface area contributed by atoms with Crippen LogP contribution in [0.5, 0.6) is 0 Å². The molecule has 4 nitrogen and oxygen atoms in total. The van der Waals surface area contributed by atoms with Crippen molar-refractivity contribution in [2.75, 3.05) is 0 Å². The van der Waals surface area contributed by atoms with E-state index < -0.39 is 41.2 Å². The number of aliphatic hydroxyl groups is 1. The highest BCUT2D eigenvalue weighted by atomic mass is 19.4. The van der Waals surface area contributed by atoms with Gasteiger partial charge in [0.2, 0.25) is 5.91 Å². The van der Waals surface area contributed by atoms with Crippen molar-refractivity contribution in [3.63, 3.8) is 0 Å². The Labute approximate surface area is 203 Å². The number of hydrogen-bond donors (Lipinski definition) is 3. The average Bonchev–Trinajstić information content (AvgIpc) is 3.37. The van der Waals surface area contributed by atoms with Crippen LogP contribution in [0.2, 0.25) is 0 Å². The third-order valence-electron chi connectivity index (χ3n) is 6.69. The molecule has 3 unspecified atom stereocenters. The zero-order valence-corrected chi connectivity index (χ0v) is 19.4. The molecule has 1 saturated carbocycles. The smallest absolute Gasteiger partial charge is 0.392 e. The van der Waals surface area contributed by atoms with Gasteiger partial charge in [0.25, 0.3) is 0 Å². The van der Waals surface area contributed by atoms with Crippen molar-refractivity contribution >= 4 is 5.91 Å². The molecule has 1 aliphatic heterocycles. The van der Waals surface area contributed by atoms with Crippen LogP contribution in [0.1, 0.15) is 60.8 Å². The summed E-state index contributed by atoms with van der Waals surface area (Å²) in [7, 11) is 0. The quantitative estimate of drug-likeness (QED) is 0.466. The highest BCUT2D eigenvalue weighted by Gasteiger charge is 2.46. The first-order valence-corrected chi connectivity index (χ1v) is 11.4. The monoisotopic (exact) mass is 520 g/mol. The van der Waals surface area contributed by atoms with Gasteiger partial charge < -0.3 is 16.2 Å². The van der Waals surface area contributed by atoms with E-state index in [0.29, 0.717) is 30.4 Å². The van der Waals surface area contributed by atoms with Crippen LogP contribution in [-0.4, -0.2) is 22.6 Å². The van der Waals surface area contributed by atoms with Gasteiger partial charge in [-0.3, -0.25) is 4.79 Å². The van der Waals surface area contributed by atoms with Crippen molar-refractivity contribution in [3.05, 3.63) is 70.5 Å². The molecule has 2 fully saturated rings. The third kappa shape index (κ3) is 6.56. The van der Waals surface area contributed by atoms with Gasteiger partial charge in [-0.2, -0.15) is 26.3 Å². The van der Waals surface area contributed by atoms with Crippen molar-refractivity contribution in [3.8, 4) is 0 Å². The number of carbonyl (C=O) groups excluding carboxylic acids is 1. The fourth-order valence-electron chi connectivity index (χ4n) is 4.90. The first-order chi connectivity index (χ1) is 16.6.